The molecule has 0 saturated carbocycles. The van der Waals surface area contributed by atoms with Crippen molar-refractivity contribution in [3.63, 3.8) is 0 Å². The summed E-state index contributed by atoms with van der Waals surface area (Å²) in [6.07, 6.45) is -3.69. The van der Waals surface area contributed by atoms with Crippen LogP contribution in [0.25, 0.3) is 0 Å². The van der Waals surface area contributed by atoms with E-state index in [9.17, 15) is 30.8 Å². The number of thioether (sulfide) groups is 1. The van der Waals surface area contributed by atoms with Crippen LogP contribution in [0.1, 0.15) is 28.8 Å². The Bertz CT molecular complexity index is 1100. The number of piperidine rings is 1. The zero-order chi connectivity index (χ0) is 23.1. The summed E-state index contributed by atoms with van der Waals surface area (Å²) in [5.74, 6) is -0.225. The molecule has 4 rings (SSSR count). The molecular weight excluding hydrogens is 468 g/mol. The molecule has 2 aromatic carbocycles. The van der Waals surface area contributed by atoms with E-state index in [4.69, 9.17) is 0 Å². The average molecular weight is 489 g/mol. The lowest BCUT2D eigenvalue weighted by molar-refractivity contribution is -0.137. The lowest BCUT2D eigenvalue weighted by Crippen LogP contribution is -2.53. The molecule has 2 heterocycles. The smallest absolute Gasteiger partial charge is 0.323 e. The molecule has 32 heavy (non-hydrogen) atoms. The zero-order valence-corrected chi connectivity index (χ0v) is 18.4. The van der Waals surface area contributed by atoms with Crippen LogP contribution in [0, 0.1) is 5.82 Å². The maximum Gasteiger partial charge on any atom is 0.416 e. The predicted octanol–water partition coefficient (Wildman–Crippen LogP) is 4.21. The van der Waals surface area contributed by atoms with Gasteiger partial charge in [-0.05, 0) is 61.4 Å². The molecule has 0 aliphatic carbocycles. The van der Waals surface area contributed by atoms with E-state index < -0.39 is 32.5 Å². The Kier molecular flexibility index (Phi) is 6.01. The van der Waals surface area contributed by atoms with Gasteiger partial charge in [0.05, 0.1) is 15.3 Å². The van der Waals surface area contributed by atoms with Gasteiger partial charge in [0.25, 0.3) is 5.91 Å². The molecule has 5 nitrogen and oxygen atoms in total. The van der Waals surface area contributed by atoms with Crippen LogP contribution in [0.15, 0.2) is 53.4 Å². The topological polar surface area (TPSA) is 57.7 Å². The number of hydrogen-bond donors (Lipinski definition) is 0. The number of sulfonamides is 1. The first-order valence-corrected chi connectivity index (χ1v) is 12.3. The Morgan fingerprint density at radius 1 is 0.938 bits per heavy atom. The molecule has 2 aliphatic rings. The molecule has 172 valence electrons. The second-order valence-corrected chi connectivity index (χ2v) is 11.1. The Hall–Kier alpha value is -2.11. The summed E-state index contributed by atoms with van der Waals surface area (Å²) in [6.45, 7) is 0.808. The van der Waals surface area contributed by atoms with Gasteiger partial charge in [0.1, 0.15) is 5.82 Å². The Labute approximate surface area is 187 Å². The van der Waals surface area contributed by atoms with Crippen molar-refractivity contribution < 1.29 is 30.8 Å². The highest BCUT2D eigenvalue weighted by Gasteiger charge is 2.48. The fraction of sp³-hybridized carbons (Fsp3) is 0.381. The first-order valence-electron chi connectivity index (χ1n) is 9.92. The molecule has 0 unspecified atom stereocenters. The van der Waals surface area contributed by atoms with Gasteiger partial charge in [0.2, 0.25) is 10.0 Å². The minimum absolute atomic E-state index is 0.00612. The van der Waals surface area contributed by atoms with Gasteiger partial charge in [-0.25, -0.2) is 12.8 Å². The third-order valence-electron chi connectivity index (χ3n) is 5.84. The third kappa shape index (κ3) is 4.25. The zero-order valence-electron chi connectivity index (χ0n) is 16.8. The van der Waals surface area contributed by atoms with E-state index in [1.54, 1.807) is 16.7 Å². The molecule has 1 spiro atoms. The third-order valence-corrected chi connectivity index (χ3v) is 9.30. The second-order valence-electron chi connectivity index (χ2n) is 7.68. The number of carbonyl (C=O) groups excluding carboxylic acids is 1. The predicted molar refractivity (Wildman–Crippen MR) is 112 cm³/mol. The summed E-state index contributed by atoms with van der Waals surface area (Å²) in [5.41, 5.74) is -0.653. The molecular formula is C21H20F4N2O3S2. The monoisotopic (exact) mass is 488 g/mol. The normalized spacial score (nSPS) is 19.4. The molecule has 2 aromatic rings. The molecule has 0 N–H and O–H groups in total. The molecule has 2 saturated heterocycles. The van der Waals surface area contributed by atoms with Gasteiger partial charge in [0.15, 0.2) is 0 Å². The highest BCUT2D eigenvalue weighted by atomic mass is 32.2. The maximum absolute atomic E-state index is 13.2. The van der Waals surface area contributed by atoms with Gasteiger partial charge in [0, 0.05) is 31.0 Å². The van der Waals surface area contributed by atoms with Crippen LogP contribution in [0.3, 0.4) is 0 Å². The number of carbonyl (C=O) groups is 1. The molecule has 0 atom stereocenters. The van der Waals surface area contributed by atoms with Gasteiger partial charge in [-0.2, -0.15) is 17.5 Å². The fourth-order valence-electron chi connectivity index (χ4n) is 4.10. The van der Waals surface area contributed by atoms with E-state index in [1.165, 1.54) is 28.6 Å². The largest absolute Gasteiger partial charge is 0.416 e. The van der Waals surface area contributed by atoms with Crippen LogP contribution >= 0.6 is 11.8 Å². The Balaban J connectivity index is 1.49. The molecule has 0 aromatic heterocycles. The van der Waals surface area contributed by atoms with Crippen LogP contribution in [-0.4, -0.2) is 53.8 Å². The molecule has 0 bridgehead atoms. The van der Waals surface area contributed by atoms with Crippen LogP contribution in [0.2, 0.25) is 0 Å². The van der Waals surface area contributed by atoms with E-state index in [2.05, 4.69) is 0 Å². The lowest BCUT2D eigenvalue weighted by Gasteiger charge is -2.43. The number of rotatable bonds is 3. The van der Waals surface area contributed by atoms with Crippen molar-refractivity contribution in [2.24, 2.45) is 0 Å². The summed E-state index contributed by atoms with van der Waals surface area (Å²) < 4.78 is 78.7. The van der Waals surface area contributed by atoms with Crippen molar-refractivity contribution in [2.75, 3.05) is 25.4 Å². The van der Waals surface area contributed by atoms with E-state index >= 15 is 0 Å². The van der Waals surface area contributed by atoms with E-state index in [-0.39, 0.29) is 29.5 Å². The highest BCUT2D eigenvalue weighted by Crippen LogP contribution is 2.45. The summed E-state index contributed by atoms with van der Waals surface area (Å²) in [5, 5.41) is 0. The van der Waals surface area contributed by atoms with Crippen molar-refractivity contribution in [1.82, 2.24) is 9.21 Å². The van der Waals surface area contributed by atoms with Crippen LogP contribution < -0.4 is 0 Å². The number of benzene rings is 2. The minimum Gasteiger partial charge on any atom is -0.323 e. The summed E-state index contributed by atoms with van der Waals surface area (Å²) in [6, 6.07) is 8.76. The van der Waals surface area contributed by atoms with E-state index in [0.29, 0.717) is 25.1 Å². The number of alkyl halides is 3. The van der Waals surface area contributed by atoms with Crippen molar-refractivity contribution in [3.05, 3.63) is 65.5 Å². The Morgan fingerprint density at radius 3 is 2.09 bits per heavy atom. The van der Waals surface area contributed by atoms with Gasteiger partial charge < -0.3 is 4.90 Å². The summed E-state index contributed by atoms with van der Waals surface area (Å²) >= 11 is 1.57. The number of nitrogens with zero attached hydrogens (tertiary/aromatic N) is 2. The molecule has 1 amide bonds. The molecule has 2 fully saturated rings. The summed E-state index contributed by atoms with van der Waals surface area (Å²) in [4.78, 5) is 14.1. The lowest BCUT2D eigenvalue weighted by atomic mass is 10.0. The van der Waals surface area contributed by atoms with Gasteiger partial charge >= 0.3 is 6.18 Å². The highest BCUT2D eigenvalue weighted by molar-refractivity contribution is 8.00. The van der Waals surface area contributed by atoms with Crippen molar-refractivity contribution in [3.8, 4) is 0 Å². The van der Waals surface area contributed by atoms with Crippen molar-refractivity contribution in [1.29, 1.82) is 0 Å². The fourth-order valence-corrected chi connectivity index (χ4v) is 7.00. The van der Waals surface area contributed by atoms with E-state index in [0.717, 1.165) is 24.3 Å². The SMILES string of the molecule is O=C(c1ccc(C(F)(F)F)cc1)N1CCSC12CCN(S(=O)(=O)c1ccc(F)cc1)CC2. The van der Waals surface area contributed by atoms with Crippen LogP contribution in [0.5, 0.6) is 0 Å². The second kappa shape index (κ2) is 8.35. The van der Waals surface area contributed by atoms with E-state index in [1.807, 2.05) is 0 Å². The van der Waals surface area contributed by atoms with Gasteiger partial charge in [-0.15, -0.1) is 11.8 Å². The quantitative estimate of drug-likeness (QED) is 0.608. The van der Waals surface area contributed by atoms with Crippen molar-refractivity contribution in [2.45, 2.75) is 28.8 Å². The first kappa shape index (κ1) is 23.1. The number of amides is 1. The van der Waals surface area contributed by atoms with Crippen LogP contribution in [0.4, 0.5) is 17.6 Å². The number of hydrogen-bond acceptors (Lipinski definition) is 4. The van der Waals surface area contributed by atoms with Crippen molar-refractivity contribution >= 4 is 27.7 Å². The first-order chi connectivity index (χ1) is 15.0. The van der Waals surface area contributed by atoms with Gasteiger partial charge in [-0.1, -0.05) is 0 Å². The molecule has 11 heteroatoms. The molecule has 0 radical (unpaired) electrons. The standard InChI is InChI=1S/C21H20F4N2O3S2/c22-17-5-7-18(8-6-17)32(29,30)26-11-9-20(10-12-26)27(13-14-31-20)19(28)15-1-3-16(4-2-15)21(23,24)25/h1-8H,9-14H2. The number of halogens is 4. The average Bonchev–Trinajstić information content (AvgIpc) is 3.16. The van der Waals surface area contributed by atoms with Gasteiger partial charge in [-0.3, -0.25) is 4.79 Å². The summed E-state index contributed by atoms with van der Waals surface area (Å²) in [7, 11) is -3.79. The Morgan fingerprint density at radius 2 is 1.53 bits per heavy atom. The molecule has 2 aliphatic heterocycles. The maximum atomic E-state index is 13.2. The minimum atomic E-state index is -4.48. The van der Waals surface area contributed by atoms with Crippen LogP contribution in [-0.2, 0) is 16.2 Å².